The van der Waals surface area contributed by atoms with Crippen LogP contribution in [0.2, 0.25) is 0 Å². The molecule has 1 aliphatic rings. The molecule has 1 N–H and O–H groups in total. The molecule has 6 heteroatoms. The van der Waals surface area contributed by atoms with E-state index in [1.165, 1.54) is 0 Å². The van der Waals surface area contributed by atoms with E-state index in [9.17, 15) is 9.59 Å². The first-order chi connectivity index (χ1) is 12.7. The van der Waals surface area contributed by atoms with Gasteiger partial charge < -0.3 is 19.2 Å². The van der Waals surface area contributed by atoms with Crippen LogP contribution < -0.4 is 9.47 Å². The number of rotatable bonds is 6. The number of benzene rings is 2. The number of ether oxygens (including phenoxy) is 3. The second kappa shape index (κ2) is 6.92. The molecule has 3 aromatic rings. The number of carbonyl (C=O) groups excluding carboxylic acids is 2. The van der Waals surface area contributed by atoms with Gasteiger partial charge in [0.25, 0.3) is 0 Å². The average molecular weight is 351 g/mol. The average Bonchev–Trinajstić information content (AvgIpc) is 3.30. The van der Waals surface area contributed by atoms with Crippen molar-refractivity contribution in [2.24, 2.45) is 0 Å². The maximum Gasteiger partial charge on any atom is 0.338 e. The van der Waals surface area contributed by atoms with Crippen molar-refractivity contribution < 1.29 is 23.8 Å². The van der Waals surface area contributed by atoms with Crippen LogP contribution >= 0.6 is 0 Å². The highest BCUT2D eigenvalue weighted by Crippen LogP contribution is 2.32. The monoisotopic (exact) mass is 351 g/mol. The molecule has 6 nitrogen and oxygen atoms in total. The Morgan fingerprint density at radius 2 is 1.92 bits per heavy atom. The van der Waals surface area contributed by atoms with Crippen LogP contribution in [0.5, 0.6) is 11.5 Å². The standard InChI is InChI=1S/C20H17NO5/c22-15(7-5-14-10-21-17-4-2-1-3-16(14)17)11-24-20(23)13-6-8-18-19(9-13)26-12-25-18/h1-4,6,8-10,21H,5,7,11-12H2. The lowest BCUT2D eigenvalue weighted by atomic mass is 10.1. The third kappa shape index (κ3) is 3.26. The lowest BCUT2D eigenvalue weighted by molar-refractivity contribution is -0.122. The largest absolute Gasteiger partial charge is 0.454 e. The van der Waals surface area contributed by atoms with Gasteiger partial charge in [-0.1, -0.05) is 18.2 Å². The first-order valence-corrected chi connectivity index (χ1v) is 8.34. The summed E-state index contributed by atoms with van der Waals surface area (Å²) in [5.74, 6) is 0.426. The van der Waals surface area contributed by atoms with Crippen LogP contribution in [0.4, 0.5) is 0 Å². The highest BCUT2D eigenvalue weighted by molar-refractivity contribution is 5.92. The molecular formula is C20H17NO5. The maximum absolute atomic E-state index is 12.1. The number of nitrogens with one attached hydrogen (secondary N) is 1. The Balaban J connectivity index is 1.30. The van der Waals surface area contributed by atoms with Gasteiger partial charge in [0.05, 0.1) is 5.56 Å². The van der Waals surface area contributed by atoms with E-state index in [4.69, 9.17) is 14.2 Å². The molecule has 0 radical (unpaired) electrons. The van der Waals surface area contributed by atoms with Gasteiger partial charge in [0.15, 0.2) is 17.3 Å². The van der Waals surface area contributed by atoms with Crippen LogP contribution in [0.3, 0.4) is 0 Å². The smallest absolute Gasteiger partial charge is 0.338 e. The fraction of sp³-hybridized carbons (Fsp3) is 0.200. The van der Waals surface area contributed by atoms with Crippen LogP contribution in [0.25, 0.3) is 10.9 Å². The molecule has 132 valence electrons. The number of para-hydroxylation sites is 1. The fourth-order valence-electron chi connectivity index (χ4n) is 2.94. The van der Waals surface area contributed by atoms with Gasteiger partial charge in [-0.05, 0) is 36.2 Å². The van der Waals surface area contributed by atoms with Crippen LogP contribution in [0.15, 0.2) is 48.7 Å². The molecule has 0 bridgehead atoms. The molecule has 0 fully saturated rings. The van der Waals surface area contributed by atoms with Gasteiger partial charge in [0.1, 0.15) is 6.61 Å². The summed E-state index contributed by atoms with van der Waals surface area (Å²) < 4.78 is 15.5. The van der Waals surface area contributed by atoms with Gasteiger partial charge in [-0.15, -0.1) is 0 Å². The Hall–Kier alpha value is -3.28. The highest BCUT2D eigenvalue weighted by atomic mass is 16.7. The molecule has 0 saturated carbocycles. The third-order valence-corrected chi connectivity index (χ3v) is 4.32. The predicted molar refractivity (Wildman–Crippen MR) is 94.5 cm³/mol. The summed E-state index contributed by atoms with van der Waals surface area (Å²) in [6, 6.07) is 12.7. The van der Waals surface area contributed by atoms with E-state index in [2.05, 4.69) is 4.98 Å². The number of carbonyl (C=O) groups is 2. The summed E-state index contributed by atoms with van der Waals surface area (Å²) in [5, 5.41) is 1.11. The van der Waals surface area contributed by atoms with Crippen LogP contribution in [0, 0.1) is 0 Å². The molecule has 0 unspecified atom stereocenters. The van der Waals surface area contributed by atoms with E-state index >= 15 is 0 Å². The van der Waals surface area contributed by atoms with E-state index in [-0.39, 0.29) is 19.2 Å². The molecule has 0 amide bonds. The summed E-state index contributed by atoms with van der Waals surface area (Å²) in [4.78, 5) is 27.3. The normalized spacial score (nSPS) is 12.3. The Morgan fingerprint density at radius 3 is 2.85 bits per heavy atom. The van der Waals surface area contributed by atoms with E-state index < -0.39 is 5.97 Å². The van der Waals surface area contributed by atoms with Gasteiger partial charge in [-0.2, -0.15) is 0 Å². The Morgan fingerprint density at radius 1 is 1.08 bits per heavy atom. The number of H-pyrrole nitrogens is 1. The topological polar surface area (TPSA) is 77.6 Å². The number of hydrogen-bond donors (Lipinski definition) is 1. The summed E-state index contributed by atoms with van der Waals surface area (Å²) in [7, 11) is 0. The van der Waals surface area contributed by atoms with Gasteiger partial charge in [0.2, 0.25) is 6.79 Å². The number of aromatic amines is 1. The van der Waals surface area contributed by atoms with Gasteiger partial charge >= 0.3 is 5.97 Å². The van der Waals surface area contributed by atoms with E-state index in [0.717, 1.165) is 16.5 Å². The number of ketones is 1. The minimum absolute atomic E-state index is 0.121. The number of aromatic nitrogens is 1. The number of aryl methyl sites for hydroxylation is 1. The zero-order chi connectivity index (χ0) is 17.9. The van der Waals surface area contributed by atoms with Crippen molar-refractivity contribution in [1.29, 1.82) is 0 Å². The summed E-state index contributed by atoms with van der Waals surface area (Å²) in [6.45, 7) is -0.101. The summed E-state index contributed by atoms with van der Waals surface area (Å²) >= 11 is 0. The first-order valence-electron chi connectivity index (χ1n) is 8.34. The molecule has 4 rings (SSSR count). The van der Waals surface area contributed by atoms with E-state index in [1.807, 2.05) is 30.5 Å². The molecule has 2 heterocycles. The number of esters is 1. The summed E-state index contributed by atoms with van der Waals surface area (Å²) in [5.41, 5.74) is 2.46. The third-order valence-electron chi connectivity index (χ3n) is 4.32. The minimum atomic E-state index is -0.552. The fourth-order valence-corrected chi connectivity index (χ4v) is 2.94. The zero-order valence-electron chi connectivity index (χ0n) is 14.0. The van der Waals surface area contributed by atoms with Crippen LogP contribution in [0.1, 0.15) is 22.3 Å². The lowest BCUT2D eigenvalue weighted by Crippen LogP contribution is -2.14. The quantitative estimate of drug-likeness (QED) is 0.690. The molecule has 0 atom stereocenters. The Labute approximate surface area is 149 Å². The maximum atomic E-state index is 12.1. The molecular weight excluding hydrogens is 334 g/mol. The molecule has 0 spiro atoms. The molecule has 0 saturated heterocycles. The van der Waals surface area contributed by atoms with E-state index in [1.54, 1.807) is 18.2 Å². The van der Waals surface area contributed by atoms with Crippen molar-refractivity contribution in [1.82, 2.24) is 4.98 Å². The van der Waals surface area contributed by atoms with Gasteiger partial charge in [-0.3, -0.25) is 4.79 Å². The van der Waals surface area contributed by atoms with Crippen molar-refractivity contribution in [3.05, 3.63) is 59.8 Å². The Kier molecular flexibility index (Phi) is 4.31. The van der Waals surface area contributed by atoms with Gasteiger partial charge in [0, 0.05) is 23.5 Å². The van der Waals surface area contributed by atoms with Crippen LogP contribution in [-0.4, -0.2) is 30.1 Å². The lowest BCUT2D eigenvalue weighted by Gasteiger charge is -2.05. The SMILES string of the molecule is O=C(CCc1c[nH]c2ccccc12)COC(=O)c1ccc2c(c1)OCO2. The van der Waals surface area contributed by atoms with Crippen molar-refractivity contribution in [3.63, 3.8) is 0 Å². The Bertz CT molecular complexity index is 975. The molecule has 26 heavy (non-hydrogen) atoms. The minimum Gasteiger partial charge on any atom is -0.454 e. The zero-order valence-corrected chi connectivity index (χ0v) is 14.0. The number of fused-ring (bicyclic) bond motifs is 2. The molecule has 0 aliphatic carbocycles. The van der Waals surface area contributed by atoms with Crippen molar-refractivity contribution >= 4 is 22.7 Å². The summed E-state index contributed by atoms with van der Waals surface area (Å²) in [6.07, 6.45) is 2.83. The first kappa shape index (κ1) is 16.2. The molecule has 2 aromatic carbocycles. The molecule has 1 aliphatic heterocycles. The second-order valence-corrected chi connectivity index (χ2v) is 6.04. The molecule has 1 aromatic heterocycles. The van der Waals surface area contributed by atoms with E-state index in [0.29, 0.717) is 29.9 Å². The van der Waals surface area contributed by atoms with Crippen molar-refractivity contribution in [2.45, 2.75) is 12.8 Å². The van der Waals surface area contributed by atoms with Crippen LogP contribution in [-0.2, 0) is 16.0 Å². The number of Topliss-reactive ketones (excluding diaryl/α,β-unsaturated/α-hetero) is 1. The highest BCUT2D eigenvalue weighted by Gasteiger charge is 2.17. The van der Waals surface area contributed by atoms with Gasteiger partial charge in [-0.25, -0.2) is 4.79 Å². The van der Waals surface area contributed by atoms with Crippen molar-refractivity contribution in [2.75, 3.05) is 13.4 Å². The van der Waals surface area contributed by atoms with Crippen molar-refractivity contribution in [3.8, 4) is 11.5 Å². The number of hydrogen-bond acceptors (Lipinski definition) is 5. The predicted octanol–water partition coefficient (Wildman–Crippen LogP) is 3.26. The second-order valence-electron chi connectivity index (χ2n) is 6.04.